The molecule has 0 aliphatic carbocycles. The first-order valence-electron chi connectivity index (χ1n) is 48.2. The molecule has 0 saturated carbocycles. The van der Waals surface area contributed by atoms with Gasteiger partial charge >= 0.3 is 6.18 Å². The molecule has 12 aromatic rings. The van der Waals surface area contributed by atoms with Gasteiger partial charge < -0.3 is 64.6 Å². The Bertz CT molecular complexity index is 6550. The first-order valence-corrected chi connectivity index (χ1v) is 48.2. The number of fused-ring (bicyclic) bond motifs is 4. The first-order chi connectivity index (χ1) is 68.5. The summed E-state index contributed by atoms with van der Waals surface area (Å²) in [4.78, 5) is 60.8. The normalized spacial score (nSPS) is 16.4. The summed E-state index contributed by atoms with van der Waals surface area (Å²) in [5.74, 6) is -1.33. The Labute approximate surface area is 813 Å². The van der Waals surface area contributed by atoms with Gasteiger partial charge in [-0.05, 0) is 128 Å². The van der Waals surface area contributed by atoms with E-state index < -0.39 is 41.6 Å². The smallest absolute Gasteiger partial charge is 0.435 e. The Hall–Kier alpha value is -13.5. The monoisotopic (exact) mass is 1970 g/mol. The highest BCUT2D eigenvalue weighted by Crippen LogP contribution is 2.45. The van der Waals surface area contributed by atoms with E-state index in [2.05, 4.69) is 46.2 Å². The zero-order valence-electron chi connectivity index (χ0n) is 80.4. The molecule has 8 aliphatic heterocycles. The predicted octanol–water partition coefficient (Wildman–Crippen LogP) is 18.0. The van der Waals surface area contributed by atoms with Crippen molar-refractivity contribution < 1.29 is 86.8 Å². The molecule has 142 heavy (non-hydrogen) atoms. The van der Waals surface area contributed by atoms with Crippen molar-refractivity contribution in [1.29, 1.82) is 0 Å². The number of alkyl halides is 5. The molecule has 754 valence electrons. The second kappa shape index (κ2) is 43.9. The van der Waals surface area contributed by atoms with E-state index in [1.54, 1.807) is 44.9 Å². The third-order valence-corrected chi connectivity index (χ3v) is 27.2. The van der Waals surface area contributed by atoms with E-state index in [-0.39, 0.29) is 104 Å². The fourth-order valence-electron chi connectivity index (χ4n) is 19.7. The van der Waals surface area contributed by atoms with Crippen molar-refractivity contribution in [2.45, 2.75) is 193 Å². The van der Waals surface area contributed by atoms with E-state index in [1.807, 2.05) is 66.0 Å². The van der Waals surface area contributed by atoms with Gasteiger partial charge in [-0.3, -0.25) is 52.0 Å². The quantitative estimate of drug-likeness (QED) is 0.0458. The Balaban J connectivity index is 0.000000130. The number of carbonyl (C=O) groups excluding carboxylic acids is 4. The molecule has 4 amide bonds. The number of hydrogen-bond donors (Lipinski definition) is 4. The molecule has 0 radical (unpaired) electrons. The van der Waals surface area contributed by atoms with Gasteiger partial charge in [-0.15, -0.1) is 0 Å². The maximum absolute atomic E-state index is 15.4. The zero-order chi connectivity index (χ0) is 99.9. The van der Waals surface area contributed by atoms with Gasteiger partial charge in [0.05, 0.1) is 92.6 Å². The number of nitrogens with zero attached hydrogens (tertiary/aromatic N) is 19. The lowest BCUT2D eigenvalue weighted by Crippen LogP contribution is -2.36. The van der Waals surface area contributed by atoms with E-state index in [9.17, 15) is 45.5 Å². The van der Waals surface area contributed by atoms with Gasteiger partial charge in [0.2, 0.25) is 29.5 Å². The van der Waals surface area contributed by atoms with Crippen LogP contribution in [0.25, 0.3) is 44.5 Å². The number of hydrogen-bond acceptors (Lipinski definition) is 21. The third kappa shape index (κ3) is 21.9. The number of pyridine rings is 1. The fraction of sp³-hybridized carbons (Fsp3) is 0.460. The van der Waals surface area contributed by atoms with Crippen molar-refractivity contribution in [3.63, 3.8) is 0 Å². The van der Waals surface area contributed by atoms with Crippen molar-refractivity contribution in [3.8, 4) is 50.4 Å². The largest absolute Gasteiger partial charge is 0.481 e. The van der Waals surface area contributed by atoms with Crippen LogP contribution < -0.4 is 26.0 Å². The lowest BCUT2D eigenvalue weighted by Gasteiger charge is -2.30. The fourth-order valence-corrected chi connectivity index (χ4v) is 19.7. The van der Waals surface area contributed by atoms with Crippen molar-refractivity contribution in [3.05, 3.63) is 195 Å². The van der Waals surface area contributed by atoms with Gasteiger partial charge in [0, 0.05) is 255 Å². The summed E-state index contributed by atoms with van der Waals surface area (Å²) in [5.41, 5.74) is 9.12. The van der Waals surface area contributed by atoms with Crippen LogP contribution in [0.15, 0.2) is 110 Å². The van der Waals surface area contributed by atoms with E-state index in [1.165, 1.54) is 79.9 Å². The number of nitrogens with one attached hydrogen (secondary N) is 4. The molecule has 4 fully saturated rings. The molecule has 0 atom stereocenters. The van der Waals surface area contributed by atoms with Crippen LogP contribution in [0.4, 0.5) is 89.9 Å². The molecule has 4 aromatic carbocycles. The van der Waals surface area contributed by atoms with Gasteiger partial charge in [-0.25, -0.2) is 35.7 Å². The number of ether oxygens (including phenoxy) is 5. The average molecular weight is 1970 g/mol. The zero-order valence-corrected chi connectivity index (χ0v) is 80.4. The van der Waals surface area contributed by atoms with Crippen LogP contribution in [-0.2, 0) is 117 Å². The molecule has 20 rings (SSSR count). The molecule has 4 saturated heterocycles. The highest BCUT2D eigenvalue weighted by molar-refractivity contribution is 5.81. The molecular formula is C100H115F10N23O9. The second-order valence-corrected chi connectivity index (χ2v) is 36.3. The van der Waals surface area contributed by atoms with E-state index in [0.29, 0.717) is 190 Å². The number of amides is 4. The second-order valence-electron chi connectivity index (χ2n) is 36.3. The number of methoxy groups -OCH3 is 1. The molecule has 0 spiro atoms. The molecule has 8 aliphatic rings. The van der Waals surface area contributed by atoms with Gasteiger partial charge in [-0.2, -0.15) is 48.9 Å². The number of anilines is 8. The van der Waals surface area contributed by atoms with E-state index in [4.69, 9.17) is 44.1 Å². The maximum atomic E-state index is 15.4. The first kappa shape index (κ1) is 100. The van der Waals surface area contributed by atoms with Crippen LogP contribution in [0, 0.1) is 29.1 Å². The summed E-state index contributed by atoms with van der Waals surface area (Å²) in [6.45, 7) is 16.6. The molecular weight excluding hydrogens is 1860 g/mol. The Kier molecular flexibility index (Phi) is 31.0. The van der Waals surface area contributed by atoms with E-state index >= 15 is 17.6 Å². The molecule has 8 aromatic heterocycles. The van der Waals surface area contributed by atoms with Gasteiger partial charge in [-0.1, -0.05) is 39.8 Å². The molecule has 16 heterocycles. The SMILES string of the molecule is CCC(=O)N1CCc2c(c(Nc3cc(C(F)F)c(-c4ccnc(OC)c4)cc3F)nn2C2CCOCC2)C1.CCC(=O)N1CCc2c(c(Nc3ccc(-c4cn(C)nc4C(F)(F)F)cc3F)nn2C2CCOCC2)C1.CCC(=O)N1CCc2c(c(Nc3ccc(-c4cnn(C)c4)c(F)c3F)nn2C2CCOCC2)C1.CCC(=O)N1CCc2c(c(Nc3ccc(-c4cnn(C)c4)cc3F)nn2C2CCOCC2)C1. The van der Waals surface area contributed by atoms with Crippen molar-refractivity contribution >= 4 is 69.6 Å². The third-order valence-electron chi connectivity index (χ3n) is 27.2. The Morgan fingerprint density at radius 3 is 1.15 bits per heavy atom. The Morgan fingerprint density at radius 1 is 0.408 bits per heavy atom. The topological polar surface area (TPSA) is 313 Å². The summed E-state index contributed by atoms with van der Waals surface area (Å²) in [6.07, 6.45) is 12.8. The van der Waals surface area contributed by atoms with E-state index in [0.717, 1.165) is 137 Å². The number of aryl methyl sites for hydroxylation is 3. The molecule has 0 unspecified atom stereocenters. The standard InChI is InChI=1S/C27H30F3N5O3.C25H28F4N6O2.C24H28F2N6O2.C24H29FN6O2/c1-3-25(36)34-9-5-23-20(15-34)27(33-35(23)17-6-10-38-11-7-17)32-22-14-19(26(29)30)18(13-21(22)28)16-4-8-31-24(12-16)37-2;1-3-22(36)34-9-6-21-18(14-34)24(32-35(21)16-7-10-37-11-8-16)30-20-5-4-15(12-19(20)26)17-13-33(2)31-23(17)25(27,28)29;1-3-21(33)31-9-6-20-18(14-31)24(29-32(20)16-7-10-34-11-8-16)28-19-5-4-17(22(25)23(19)26)15-12-27-30(2)13-15;1-3-23(32)30-9-6-22-19(15-30)24(28-31(22)18-7-10-33-11-8-18)27-21-5-4-16(12-20(21)25)17-13-26-29(2)14-17/h4,8,12-14,17,26H,3,5-7,9-11,15H2,1-2H3,(H,32,33);4-5,12-13,16H,3,6-11,14H2,1-2H3,(H,30,32);4-5,12-13,16H,3,6-11,14H2,1-2H3,(H,28,29);4-5,12-14,18H,3,6-11,15H2,1-2H3,(H,27,28). The van der Waals surface area contributed by atoms with Crippen LogP contribution in [0.2, 0.25) is 0 Å². The molecule has 42 heteroatoms. The van der Waals surface area contributed by atoms with Crippen molar-refractivity contribution in [2.24, 2.45) is 21.1 Å². The Morgan fingerprint density at radius 2 is 0.775 bits per heavy atom. The van der Waals surface area contributed by atoms with Crippen LogP contribution in [0.5, 0.6) is 5.88 Å². The van der Waals surface area contributed by atoms with Crippen molar-refractivity contribution in [2.75, 3.05) is 107 Å². The maximum Gasteiger partial charge on any atom is 0.435 e. The predicted molar refractivity (Wildman–Crippen MR) is 508 cm³/mol. The molecule has 4 N–H and O–H groups in total. The van der Waals surface area contributed by atoms with Crippen LogP contribution in [-0.4, -0.2) is 203 Å². The minimum Gasteiger partial charge on any atom is -0.481 e. The summed E-state index contributed by atoms with van der Waals surface area (Å²) >= 11 is 0. The number of halogens is 10. The van der Waals surface area contributed by atoms with Gasteiger partial charge in [0.15, 0.2) is 40.6 Å². The molecule has 0 bridgehead atoms. The van der Waals surface area contributed by atoms with Crippen LogP contribution >= 0.6 is 0 Å². The minimum absolute atomic E-state index is 0.00325. The van der Waals surface area contributed by atoms with Gasteiger partial charge in [0.25, 0.3) is 6.43 Å². The number of benzene rings is 4. The number of aromatic nitrogens is 15. The summed E-state index contributed by atoms with van der Waals surface area (Å²) in [5, 5.41) is 43.2. The van der Waals surface area contributed by atoms with Gasteiger partial charge in [0.1, 0.15) is 17.5 Å². The summed E-state index contributed by atoms with van der Waals surface area (Å²) in [6, 6.07) is 18.0. The minimum atomic E-state index is -4.66. The van der Waals surface area contributed by atoms with Crippen LogP contribution in [0.1, 0.15) is 192 Å². The highest BCUT2D eigenvalue weighted by Gasteiger charge is 2.41. The van der Waals surface area contributed by atoms with Crippen LogP contribution in [0.3, 0.4) is 0 Å². The number of carbonyl (C=O) groups is 4. The van der Waals surface area contributed by atoms with Crippen molar-refractivity contribution in [1.82, 2.24) is 93.0 Å². The lowest BCUT2D eigenvalue weighted by atomic mass is 9.99. The highest BCUT2D eigenvalue weighted by atomic mass is 19.4. The summed E-state index contributed by atoms with van der Waals surface area (Å²) < 4.78 is 184. The lowest BCUT2D eigenvalue weighted by molar-refractivity contribution is -0.141. The summed E-state index contributed by atoms with van der Waals surface area (Å²) in [7, 11) is 6.36. The number of rotatable bonds is 22. The average Bonchev–Trinajstić information content (AvgIpc) is 1.62. The molecule has 32 nitrogen and oxygen atoms in total.